The summed E-state index contributed by atoms with van der Waals surface area (Å²) in [4.78, 5) is 11.6. The number of nitrogens with zero attached hydrogens (tertiary/aromatic N) is 1. The lowest BCUT2D eigenvalue weighted by molar-refractivity contribution is -0.120. The summed E-state index contributed by atoms with van der Waals surface area (Å²) in [6.45, 7) is 2.75. The van der Waals surface area contributed by atoms with E-state index < -0.39 is 0 Å². The van der Waals surface area contributed by atoms with Gasteiger partial charge in [-0.2, -0.15) is 5.26 Å². The van der Waals surface area contributed by atoms with Crippen LogP contribution in [0, 0.1) is 11.3 Å². The molecule has 0 aliphatic rings. The molecule has 0 spiro atoms. The molecule has 0 aromatic heterocycles. The van der Waals surface area contributed by atoms with Crippen LogP contribution in [0.25, 0.3) is 0 Å². The second kappa shape index (κ2) is 8.26. The fraction of sp³-hybridized carbons (Fsp3) is 0.429. The van der Waals surface area contributed by atoms with E-state index >= 15 is 0 Å². The van der Waals surface area contributed by atoms with Crippen LogP contribution in [0.5, 0.6) is 0 Å². The summed E-state index contributed by atoms with van der Waals surface area (Å²) in [5.74, 6) is -0.228. The molecule has 0 aliphatic carbocycles. The van der Waals surface area contributed by atoms with Gasteiger partial charge >= 0.3 is 0 Å². The second-order valence-electron chi connectivity index (χ2n) is 3.97. The van der Waals surface area contributed by atoms with Crippen LogP contribution >= 0.6 is 0 Å². The number of nitrogens with one attached hydrogen (secondary N) is 1. The number of unbranched alkanes of at least 4 members (excludes halogenated alkanes) is 2. The molecule has 0 saturated carbocycles. The molecule has 0 unspecified atom stereocenters. The Balaban J connectivity index is 2.34. The summed E-state index contributed by atoms with van der Waals surface area (Å²) in [6.07, 6.45) is 3.21. The highest BCUT2D eigenvalue weighted by atomic mass is 16.5. The van der Waals surface area contributed by atoms with E-state index in [2.05, 4.69) is 12.2 Å². The minimum atomic E-state index is -0.228. The van der Waals surface area contributed by atoms with Gasteiger partial charge in [0.15, 0.2) is 0 Å². The summed E-state index contributed by atoms with van der Waals surface area (Å²) in [5.41, 5.74) is 0.985. The Labute approximate surface area is 108 Å². The molecule has 1 aromatic rings. The normalized spacial score (nSPS) is 9.78. The SMILES string of the molecule is CCCCCOCC(=O)Nc1ccccc1C#N. The zero-order valence-corrected chi connectivity index (χ0v) is 10.6. The van der Waals surface area contributed by atoms with Gasteiger partial charge in [0.25, 0.3) is 0 Å². The summed E-state index contributed by atoms with van der Waals surface area (Å²) >= 11 is 0. The number of carbonyl (C=O) groups is 1. The molecule has 96 valence electrons. The molecule has 4 nitrogen and oxygen atoms in total. The van der Waals surface area contributed by atoms with Crippen LogP contribution in [0.4, 0.5) is 5.69 Å². The van der Waals surface area contributed by atoms with Crippen LogP contribution in [0.1, 0.15) is 31.7 Å². The molecule has 0 radical (unpaired) electrons. The van der Waals surface area contributed by atoms with Crippen molar-refractivity contribution in [2.45, 2.75) is 26.2 Å². The first-order chi connectivity index (χ1) is 8.77. The van der Waals surface area contributed by atoms with Gasteiger partial charge in [0.1, 0.15) is 12.7 Å². The van der Waals surface area contributed by atoms with E-state index in [1.807, 2.05) is 6.07 Å². The van der Waals surface area contributed by atoms with Crippen molar-refractivity contribution in [3.8, 4) is 6.07 Å². The van der Waals surface area contributed by atoms with Crippen molar-refractivity contribution >= 4 is 11.6 Å². The third-order valence-electron chi connectivity index (χ3n) is 2.45. The molecular weight excluding hydrogens is 228 g/mol. The number of benzene rings is 1. The molecule has 1 rings (SSSR count). The van der Waals surface area contributed by atoms with E-state index in [1.54, 1.807) is 24.3 Å². The Morgan fingerprint density at radius 2 is 2.17 bits per heavy atom. The molecule has 0 saturated heterocycles. The average Bonchev–Trinajstić information content (AvgIpc) is 2.39. The van der Waals surface area contributed by atoms with Gasteiger partial charge in [0.05, 0.1) is 11.3 Å². The van der Waals surface area contributed by atoms with Gasteiger partial charge < -0.3 is 10.1 Å². The van der Waals surface area contributed by atoms with Crippen molar-refractivity contribution in [3.63, 3.8) is 0 Å². The molecular formula is C14H18N2O2. The Morgan fingerprint density at radius 1 is 1.39 bits per heavy atom. The molecule has 1 aromatic carbocycles. The highest BCUT2D eigenvalue weighted by Crippen LogP contribution is 2.13. The van der Waals surface area contributed by atoms with Crippen molar-refractivity contribution in [2.24, 2.45) is 0 Å². The van der Waals surface area contributed by atoms with Gasteiger partial charge in [-0.3, -0.25) is 4.79 Å². The molecule has 0 bridgehead atoms. The lowest BCUT2D eigenvalue weighted by atomic mass is 10.2. The Bertz CT molecular complexity index is 424. The third kappa shape index (κ3) is 4.98. The van der Waals surface area contributed by atoms with Crippen LogP contribution in [0.15, 0.2) is 24.3 Å². The fourth-order valence-electron chi connectivity index (χ4n) is 1.49. The summed E-state index contributed by atoms with van der Waals surface area (Å²) < 4.78 is 5.25. The van der Waals surface area contributed by atoms with E-state index in [-0.39, 0.29) is 12.5 Å². The van der Waals surface area contributed by atoms with Crippen LogP contribution in [0.3, 0.4) is 0 Å². The topological polar surface area (TPSA) is 62.1 Å². The number of rotatable bonds is 7. The van der Waals surface area contributed by atoms with E-state index in [0.29, 0.717) is 17.9 Å². The number of carbonyl (C=O) groups excluding carboxylic acids is 1. The van der Waals surface area contributed by atoms with E-state index in [1.165, 1.54) is 0 Å². The van der Waals surface area contributed by atoms with Crippen molar-refractivity contribution in [1.82, 2.24) is 0 Å². The smallest absolute Gasteiger partial charge is 0.250 e. The standard InChI is InChI=1S/C14H18N2O2/c1-2-3-6-9-18-11-14(17)16-13-8-5-4-7-12(13)10-15/h4-5,7-8H,2-3,6,9,11H2,1H3,(H,16,17). The van der Waals surface area contributed by atoms with Crippen molar-refractivity contribution in [1.29, 1.82) is 5.26 Å². The number of ether oxygens (including phenoxy) is 1. The minimum absolute atomic E-state index is 0.0312. The van der Waals surface area contributed by atoms with Crippen LogP contribution < -0.4 is 5.32 Å². The maximum atomic E-state index is 11.6. The number of anilines is 1. The van der Waals surface area contributed by atoms with Gasteiger partial charge in [0.2, 0.25) is 5.91 Å². The zero-order chi connectivity index (χ0) is 13.2. The quantitative estimate of drug-likeness (QED) is 0.752. The molecule has 4 heteroatoms. The largest absolute Gasteiger partial charge is 0.372 e. The minimum Gasteiger partial charge on any atom is -0.372 e. The van der Waals surface area contributed by atoms with Crippen molar-refractivity contribution in [3.05, 3.63) is 29.8 Å². The summed E-state index contributed by atoms with van der Waals surface area (Å²) in [6, 6.07) is 8.93. The molecule has 0 heterocycles. The maximum Gasteiger partial charge on any atom is 0.250 e. The average molecular weight is 246 g/mol. The molecule has 1 N–H and O–H groups in total. The van der Waals surface area contributed by atoms with E-state index in [9.17, 15) is 4.79 Å². The van der Waals surface area contributed by atoms with E-state index in [4.69, 9.17) is 10.00 Å². The predicted octanol–water partition coefficient (Wildman–Crippen LogP) is 2.70. The number of amides is 1. The van der Waals surface area contributed by atoms with Crippen LogP contribution in [0.2, 0.25) is 0 Å². The Morgan fingerprint density at radius 3 is 2.89 bits per heavy atom. The van der Waals surface area contributed by atoms with Gasteiger partial charge in [0, 0.05) is 6.61 Å². The first-order valence-electron chi connectivity index (χ1n) is 6.14. The van der Waals surface area contributed by atoms with Gasteiger partial charge in [-0.25, -0.2) is 0 Å². The van der Waals surface area contributed by atoms with Crippen molar-refractivity contribution in [2.75, 3.05) is 18.5 Å². The van der Waals surface area contributed by atoms with Gasteiger partial charge in [-0.05, 0) is 18.6 Å². The van der Waals surface area contributed by atoms with Gasteiger partial charge in [-0.1, -0.05) is 31.9 Å². The summed E-state index contributed by atoms with van der Waals surface area (Å²) in [7, 11) is 0. The molecule has 1 amide bonds. The first-order valence-corrected chi connectivity index (χ1v) is 6.14. The molecule has 0 fully saturated rings. The molecule has 0 atom stereocenters. The Kier molecular flexibility index (Phi) is 6.52. The Hall–Kier alpha value is -1.86. The number of hydrogen-bond acceptors (Lipinski definition) is 3. The molecule has 18 heavy (non-hydrogen) atoms. The van der Waals surface area contributed by atoms with Crippen LogP contribution in [-0.2, 0) is 9.53 Å². The summed E-state index contributed by atoms with van der Waals surface area (Å²) in [5, 5.41) is 11.5. The van der Waals surface area contributed by atoms with E-state index in [0.717, 1.165) is 19.3 Å². The first kappa shape index (κ1) is 14.2. The predicted molar refractivity (Wildman–Crippen MR) is 70.1 cm³/mol. The zero-order valence-electron chi connectivity index (χ0n) is 10.6. The maximum absolute atomic E-state index is 11.6. The fourth-order valence-corrected chi connectivity index (χ4v) is 1.49. The number of hydrogen-bond donors (Lipinski definition) is 1. The number of nitriles is 1. The molecule has 0 aliphatic heterocycles. The lowest BCUT2D eigenvalue weighted by Gasteiger charge is -2.07. The second-order valence-corrected chi connectivity index (χ2v) is 3.97. The highest BCUT2D eigenvalue weighted by Gasteiger charge is 2.05. The number of para-hydroxylation sites is 1. The monoisotopic (exact) mass is 246 g/mol. The van der Waals surface area contributed by atoms with Crippen LogP contribution in [-0.4, -0.2) is 19.1 Å². The van der Waals surface area contributed by atoms with Gasteiger partial charge in [-0.15, -0.1) is 0 Å². The third-order valence-corrected chi connectivity index (χ3v) is 2.45. The lowest BCUT2D eigenvalue weighted by Crippen LogP contribution is -2.19. The van der Waals surface area contributed by atoms with Crippen molar-refractivity contribution < 1.29 is 9.53 Å². The highest BCUT2D eigenvalue weighted by molar-refractivity contribution is 5.92.